The third-order valence-corrected chi connectivity index (χ3v) is 4.17. The Hall–Kier alpha value is -3.34. The fourth-order valence-corrected chi connectivity index (χ4v) is 2.89. The second kappa shape index (κ2) is 7.27. The number of H-pyrrole nitrogens is 1. The molecule has 0 saturated heterocycles. The average Bonchev–Trinajstić information content (AvgIpc) is 3.26. The monoisotopic (exact) mass is 345 g/mol. The van der Waals surface area contributed by atoms with Gasteiger partial charge < -0.3 is 14.7 Å². The molecule has 0 unspecified atom stereocenters. The Bertz CT molecular complexity index is 1010. The zero-order chi connectivity index (χ0) is 17.8. The van der Waals surface area contributed by atoms with Crippen molar-refractivity contribution in [1.82, 2.24) is 15.3 Å². The zero-order valence-electron chi connectivity index (χ0n) is 14.2. The number of nitrogens with one attached hydrogen (secondary N) is 2. The molecule has 2 aromatic heterocycles. The maximum Gasteiger partial charge on any atom is 0.244 e. The van der Waals surface area contributed by atoms with Gasteiger partial charge in [-0.1, -0.05) is 30.3 Å². The number of amides is 1. The summed E-state index contributed by atoms with van der Waals surface area (Å²) in [6, 6.07) is 17.6. The van der Waals surface area contributed by atoms with Crippen LogP contribution in [-0.2, 0) is 11.2 Å². The van der Waals surface area contributed by atoms with Crippen LogP contribution in [0, 0.1) is 0 Å². The average molecular weight is 345 g/mol. The van der Waals surface area contributed by atoms with Crippen LogP contribution in [0.4, 0.5) is 0 Å². The molecule has 0 aliphatic heterocycles. The Morgan fingerprint density at radius 2 is 2.00 bits per heavy atom. The van der Waals surface area contributed by atoms with Crippen molar-refractivity contribution >= 4 is 34.0 Å². The fraction of sp³-hybridized carbons (Fsp3) is 0.143. The second-order valence-electron chi connectivity index (χ2n) is 6.12. The Balaban J connectivity index is 1.25. The first-order chi connectivity index (χ1) is 12.8. The molecule has 0 aliphatic carbocycles. The summed E-state index contributed by atoms with van der Waals surface area (Å²) in [5.74, 6) is 1.48. The first-order valence-electron chi connectivity index (χ1n) is 8.66. The van der Waals surface area contributed by atoms with Crippen molar-refractivity contribution in [1.29, 1.82) is 0 Å². The number of nitrogens with zero attached hydrogens (tertiary/aromatic N) is 1. The topological polar surface area (TPSA) is 70.9 Å². The molecule has 2 N–H and O–H groups in total. The van der Waals surface area contributed by atoms with Crippen LogP contribution in [0.15, 0.2) is 65.1 Å². The maximum absolute atomic E-state index is 11.9. The van der Waals surface area contributed by atoms with E-state index in [2.05, 4.69) is 15.3 Å². The first-order valence-corrected chi connectivity index (χ1v) is 8.66. The van der Waals surface area contributed by atoms with E-state index in [0.717, 1.165) is 40.7 Å². The quantitative estimate of drug-likeness (QED) is 0.409. The summed E-state index contributed by atoms with van der Waals surface area (Å²) in [5.41, 5.74) is 2.83. The molecule has 0 atom stereocenters. The van der Waals surface area contributed by atoms with Crippen LogP contribution in [0.1, 0.15) is 18.0 Å². The number of carbonyl (C=O) groups excluding carboxylic acids is 1. The lowest BCUT2D eigenvalue weighted by Gasteiger charge is -2.00. The minimum atomic E-state index is -0.130. The minimum Gasteiger partial charge on any atom is -0.457 e. The number of imidazole rings is 1. The van der Waals surface area contributed by atoms with Crippen molar-refractivity contribution in [2.45, 2.75) is 12.8 Å². The molecule has 0 radical (unpaired) electrons. The second-order valence-corrected chi connectivity index (χ2v) is 6.12. The number of hydrogen-bond donors (Lipinski definition) is 2. The first kappa shape index (κ1) is 16.1. The van der Waals surface area contributed by atoms with E-state index in [1.165, 1.54) is 6.08 Å². The predicted octanol–water partition coefficient (Wildman–Crippen LogP) is 4.07. The van der Waals surface area contributed by atoms with Crippen LogP contribution >= 0.6 is 0 Å². The van der Waals surface area contributed by atoms with Crippen molar-refractivity contribution in [3.05, 3.63) is 72.3 Å². The number of aromatic nitrogens is 2. The molecule has 2 aromatic carbocycles. The van der Waals surface area contributed by atoms with Crippen LogP contribution in [0.5, 0.6) is 0 Å². The molecule has 4 aromatic rings. The van der Waals surface area contributed by atoms with E-state index < -0.39 is 0 Å². The highest BCUT2D eigenvalue weighted by atomic mass is 16.3. The molecular formula is C21H19N3O2. The zero-order valence-corrected chi connectivity index (χ0v) is 14.2. The highest BCUT2D eigenvalue weighted by molar-refractivity contribution is 5.92. The van der Waals surface area contributed by atoms with Gasteiger partial charge in [-0.3, -0.25) is 4.79 Å². The van der Waals surface area contributed by atoms with Crippen LogP contribution in [0.3, 0.4) is 0 Å². The Labute approximate surface area is 150 Å². The minimum absolute atomic E-state index is 0.130. The summed E-state index contributed by atoms with van der Waals surface area (Å²) >= 11 is 0. The van der Waals surface area contributed by atoms with E-state index in [4.69, 9.17) is 4.42 Å². The van der Waals surface area contributed by atoms with Crippen LogP contribution in [0.25, 0.3) is 28.1 Å². The largest absolute Gasteiger partial charge is 0.457 e. The van der Waals surface area contributed by atoms with Gasteiger partial charge in [0.15, 0.2) is 0 Å². The molecule has 0 saturated carbocycles. The van der Waals surface area contributed by atoms with Crippen molar-refractivity contribution in [3.63, 3.8) is 0 Å². The van der Waals surface area contributed by atoms with E-state index >= 15 is 0 Å². The van der Waals surface area contributed by atoms with E-state index in [1.54, 1.807) is 6.08 Å². The van der Waals surface area contributed by atoms with Crippen LogP contribution in [0.2, 0.25) is 0 Å². The van der Waals surface area contributed by atoms with Gasteiger partial charge >= 0.3 is 0 Å². The van der Waals surface area contributed by atoms with Gasteiger partial charge in [0, 0.05) is 24.4 Å². The molecule has 4 rings (SSSR count). The molecule has 1 amide bonds. The van der Waals surface area contributed by atoms with Crippen molar-refractivity contribution in [3.8, 4) is 0 Å². The lowest BCUT2D eigenvalue weighted by molar-refractivity contribution is -0.116. The number of carbonyl (C=O) groups is 1. The number of furan rings is 1. The number of aromatic amines is 1. The van der Waals surface area contributed by atoms with Gasteiger partial charge in [-0.2, -0.15) is 0 Å². The molecular weight excluding hydrogens is 326 g/mol. The Kier molecular flexibility index (Phi) is 4.51. The van der Waals surface area contributed by atoms with Crippen LogP contribution in [-0.4, -0.2) is 22.4 Å². The van der Waals surface area contributed by atoms with Gasteiger partial charge in [-0.05, 0) is 36.8 Å². The molecule has 5 heteroatoms. The van der Waals surface area contributed by atoms with Crippen molar-refractivity contribution < 1.29 is 9.21 Å². The molecule has 0 fully saturated rings. The number of para-hydroxylation sites is 3. The standard InChI is InChI=1S/C21H19N3O2/c25-21(12-11-16-14-15-6-1-4-9-19(15)26-16)22-13-5-10-20-23-17-7-2-3-8-18(17)24-20/h1-4,6-9,11-12,14H,5,10,13H2,(H,22,25)(H,23,24)/b12-11+. The van der Waals surface area contributed by atoms with Crippen molar-refractivity contribution in [2.24, 2.45) is 0 Å². The molecule has 0 bridgehead atoms. The lowest BCUT2D eigenvalue weighted by Crippen LogP contribution is -2.22. The van der Waals surface area contributed by atoms with Gasteiger partial charge in [0.25, 0.3) is 0 Å². The number of rotatable bonds is 6. The number of fused-ring (bicyclic) bond motifs is 2. The molecule has 5 nitrogen and oxygen atoms in total. The van der Waals surface area contributed by atoms with Crippen molar-refractivity contribution in [2.75, 3.05) is 6.54 Å². The number of hydrogen-bond acceptors (Lipinski definition) is 3. The summed E-state index contributed by atoms with van der Waals surface area (Å²) < 4.78 is 5.65. The molecule has 0 aliphatic rings. The highest BCUT2D eigenvalue weighted by Crippen LogP contribution is 2.19. The maximum atomic E-state index is 11.9. The predicted molar refractivity (Wildman–Crippen MR) is 103 cm³/mol. The van der Waals surface area contributed by atoms with Gasteiger partial charge in [-0.15, -0.1) is 0 Å². The molecule has 26 heavy (non-hydrogen) atoms. The Morgan fingerprint density at radius 1 is 1.15 bits per heavy atom. The molecule has 2 heterocycles. The lowest BCUT2D eigenvalue weighted by atomic mass is 10.2. The highest BCUT2D eigenvalue weighted by Gasteiger charge is 2.03. The summed E-state index contributed by atoms with van der Waals surface area (Å²) in [4.78, 5) is 19.7. The molecule has 0 spiro atoms. The van der Waals surface area contributed by atoms with E-state index in [9.17, 15) is 4.79 Å². The third kappa shape index (κ3) is 3.67. The Morgan fingerprint density at radius 3 is 2.88 bits per heavy atom. The third-order valence-electron chi connectivity index (χ3n) is 4.17. The SMILES string of the molecule is O=C(/C=C/c1cc2ccccc2o1)NCCCc1nc2ccccc2[nH]1. The number of aryl methyl sites for hydroxylation is 1. The smallest absolute Gasteiger partial charge is 0.244 e. The van der Waals surface area contributed by atoms with E-state index in [1.807, 2.05) is 54.6 Å². The van der Waals surface area contributed by atoms with Crippen LogP contribution < -0.4 is 5.32 Å². The van der Waals surface area contributed by atoms with Gasteiger partial charge in [0.05, 0.1) is 11.0 Å². The summed E-state index contributed by atoms with van der Waals surface area (Å²) in [7, 11) is 0. The van der Waals surface area contributed by atoms with Gasteiger partial charge in [0.2, 0.25) is 5.91 Å². The summed E-state index contributed by atoms with van der Waals surface area (Å²) in [6.45, 7) is 0.598. The van der Waals surface area contributed by atoms with E-state index in [-0.39, 0.29) is 5.91 Å². The van der Waals surface area contributed by atoms with E-state index in [0.29, 0.717) is 12.3 Å². The summed E-state index contributed by atoms with van der Waals surface area (Å²) in [6.07, 6.45) is 4.81. The molecule has 130 valence electrons. The van der Waals surface area contributed by atoms with Gasteiger partial charge in [-0.25, -0.2) is 4.98 Å². The fourth-order valence-electron chi connectivity index (χ4n) is 2.89. The summed E-state index contributed by atoms with van der Waals surface area (Å²) in [5, 5.41) is 3.91. The van der Waals surface area contributed by atoms with Gasteiger partial charge in [0.1, 0.15) is 17.2 Å². The normalized spacial score (nSPS) is 11.5. The number of benzene rings is 2.